The molecular weight excluding hydrogens is 616 g/mol. The highest BCUT2D eigenvalue weighted by molar-refractivity contribution is 14.1. The van der Waals surface area contributed by atoms with Crippen LogP contribution in [0.1, 0.15) is 11.1 Å². The van der Waals surface area contributed by atoms with Gasteiger partial charge in [-0.05, 0) is 74.5 Å². The second-order valence-corrected chi connectivity index (χ2v) is 8.55. The van der Waals surface area contributed by atoms with Crippen LogP contribution in [0.2, 0.25) is 0 Å². The predicted octanol–water partition coefficient (Wildman–Crippen LogP) is 4.46. The van der Waals surface area contributed by atoms with Gasteiger partial charge in [-0.1, -0.05) is 18.2 Å². The number of carbonyl (C=O) groups excluding carboxylic acids is 2. The number of benzene rings is 2. The predicted molar refractivity (Wildman–Crippen MR) is 128 cm³/mol. The minimum atomic E-state index is -0.479. The summed E-state index contributed by atoms with van der Waals surface area (Å²) in [5.41, 5.74) is 1.62. The van der Waals surface area contributed by atoms with Crippen molar-refractivity contribution in [2.45, 2.75) is 6.61 Å². The molecule has 0 bridgehead atoms. The molecule has 1 aliphatic heterocycles. The van der Waals surface area contributed by atoms with Crippen LogP contribution in [0.15, 0.2) is 54.8 Å². The maximum absolute atomic E-state index is 12.3. The highest BCUT2D eigenvalue weighted by atomic mass is 127. The summed E-state index contributed by atoms with van der Waals surface area (Å²) in [6.07, 6.45) is 3.10. The Balaban J connectivity index is 1.78. The minimum absolute atomic E-state index is 0.0104. The lowest BCUT2D eigenvalue weighted by atomic mass is 10.2. The molecule has 2 aromatic rings. The van der Waals surface area contributed by atoms with Gasteiger partial charge in [0.15, 0.2) is 0 Å². The highest BCUT2D eigenvalue weighted by Crippen LogP contribution is 2.31. The summed E-state index contributed by atoms with van der Waals surface area (Å²) in [7, 11) is 0. The molecule has 1 heterocycles. The molecular formula is C20H15I2N3O5. The molecule has 3 amide bonds. The van der Waals surface area contributed by atoms with Crippen molar-refractivity contribution in [1.29, 1.82) is 0 Å². The van der Waals surface area contributed by atoms with Gasteiger partial charge in [-0.15, -0.1) is 6.58 Å². The third kappa shape index (κ3) is 4.98. The zero-order valence-electron chi connectivity index (χ0n) is 15.4. The SMILES string of the molecule is C=CCN1C(=O)N/C(=C/c2cc(I)c(OCc3cccc([N+](=O)[O-])c3)c(I)c2)C1=O. The zero-order valence-corrected chi connectivity index (χ0v) is 19.7. The molecule has 0 aromatic heterocycles. The van der Waals surface area contributed by atoms with E-state index in [0.29, 0.717) is 11.3 Å². The Hall–Kier alpha value is -2.48. The van der Waals surface area contributed by atoms with Crippen LogP contribution in [-0.2, 0) is 11.4 Å². The lowest BCUT2D eigenvalue weighted by Crippen LogP contribution is -2.30. The topological polar surface area (TPSA) is 102 Å². The number of nitro benzene ring substituents is 1. The summed E-state index contributed by atoms with van der Waals surface area (Å²) >= 11 is 4.24. The first-order valence-electron chi connectivity index (χ1n) is 8.60. The average molecular weight is 631 g/mol. The van der Waals surface area contributed by atoms with Crippen LogP contribution in [0.25, 0.3) is 6.08 Å². The second-order valence-electron chi connectivity index (χ2n) is 6.22. The standard InChI is InChI=1S/C20H15I2N3O5/c1-2-6-24-19(26)17(23-20(24)27)10-13-8-15(21)18(16(22)9-13)30-11-12-4-3-5-14(7-12)25(28)29/h2-5,7-10H,1,6,11H2,(H,23,27)/b17-10+. The van der Waals surface area contributed by atoms with Crippen molar-refractivity contribution >= 4 is 68.9 Å². The fourth-order valence-corrected chi connectivity index (χ4v) is 4.88. The molecule has 3 rings (SSSR count). The van der Waals surface area contributed by atoms with E-state index in [0.717, 1.165) is 17.6 Å². The molecule has 154 valence electrons. The van der Waals surface area contributed by atoms with Crippen molar-refractivity contribution in [3.05, 3.63) is 83.1 Å². The lowest BCUT2D eigenvalue weighted by molar-refractivity contribution is -0.384. The number of rotatable bonds is 7. The molecule has 8 nitrogen and oxygen atoms in total. The van der Waals surface area contributed by atoms with Gasteiger partial charge >= 0.3 is 6.03 Å². The maximum Gasteiger partial charge on any atom is 0.329 e. The Bertz CT molecular complexity index is 1060. The van der Waals surface area contributed by atoms with E-state index in [1.807, 2.05) is 12.1 Å². The molecule has 0 radical (unpaired) electrons. The summed E-state index contributed by atoms with van der Waals surface area (Å²) in [6.45, 7) is 3.87. The van der Waals surface area contributed by atoms with Crippen LogP contribution in [0, 0.1) is 17.3 Å². The number of imide groups is 1. The van der Waals surface area contributed by atoms with Gasteiger partial charge in [0, 0.05) is 18.7 Å². The molecule has 0 spiro atoms. The Morgan fingerprint density at radius 3 is 2.53 bits per heavy atom. The Morgan fingerprint density at radius 2 is 1.90 bits per heavy atom. The van der Waals surface area contributed by atoms with Crippen molar-refractivity contribution < 1.29 is 19.2 Å². The monoisotopic (exact) mass is 631 g/mol. The smallest absolute Gasteiger partial charge is 0.329 e. The normalized spacial score (nSPS) is 14.7. The molecule has 0 aliphatic carbocycles. The van der Waals surface area contributed by atoms with Gasteiger partial charge in [0.2, 0.25) is 0 Å². The van der Waals surface area contributed by atoms with E-state index in [1.165, 1.54) is 18.2 Å². The molecule has 2 aromatic carbocycles. The number of carbonyl (C=O) groups is 2. The van der Waals surface area contributed by atoms with Gasteiger partial charge in [-0.2, -0.15) is 0 Å². The van der Waals surface area contributed by atoms with Gasteiger partial charge in [-0.3, -0.25) is 19.8 Å². The number of hydrogen-bond acceptors (Lipinski definition) is 5. The number of nitrogens with zero attached hydrogens (tertiary/aromatic N) is 2. The van der Waals surface area contributed by atoms with Crippen LogP contribution in [0.3, 0.4) is 0 Å². The van der Waals surface area contributed by atoms with Gasteiger partial charge in [-0.25, -0.2) is 4.79 Å². The van der Waals surface area contributed by atoms with Gasteiger partial charge in [0.1, 0.15) is 18.1 Å². The van der Waals surface area contributed by atoms with Crippen molar-refractivity contribution in [2.24, 2.45) is 0 Å². The van der Waals surface area contributed by atoms with Crippen LogP contribution in [-0.4, -0.2) is 28.3 Å². The van der Waals surface area contributed by atoms with Crippen LogP contribution >= 0.6 is 45.2 Å². The molecule has 0 atom stereocenters. The first-order chi connectivity index (χ1) is 14.3. The molecule has 1 aliphatic rings. The second kappa shape index (κ2) is 9.55. The lowest BCUT2D eigenvalue weighted by Gasteiger charge is -2.12. The van der Waals surface area contributed by atoms with E-state index >= 15 is 0 Å². The molecule has 1 N–H and O–H groups in total. The quantitative estimate of drug-likeness (QED) is 0.122. The van der Waals surface area contributed by atoms with Gasteiger partial charge in [0.05, 0.1) is 12.1 Å². The fourth-order valence-electron chi connectivity index (χ4n) is 2.75. The number of amides is 3. The molecule has 1 fully saturated rings. The number of nitrogens with one attached hydrogen (secondary N) is 1. The van der Waals surface area contributed by atoms with Crippen molar-refractivity contribution in [1.82, 2.24) is 10.2 Å². The molecule has 30 heavy (non-hydrogen) atoms. The first kappa shape index (κ1) is 22.2. The number of non-ortho nitro benzene ring substituents is 1. The third-order valence-electron chi connectivity index (χ3n) is 4.11. The molecule has 0 unspecified atom stereocenters. The van der Waals surface area contributed by atoms with Crippen LogP contribution in [0.5, 0.6) is 5.75 Å². The number of ether oxygens (including phenoxy) is 1. The number of halogens is 2. The van der Waals surface area contributed by atoms with Gasteiger partial charge < -0.3 is 10.1 Å². The first-order valence-corrected chi connectivity index (χ1v) is 10.8. The Morgan fingerprint density at radius 1 is 1.20 bits per heavy atom. The van der Waals surface area contributed by atoms with E-state index < -0.39 is 16.9 Å². The Kier molecular flexibility index (Phi) is 7.07. The van der Waals surface area contributed by atoms with E-state index in [-0.39, 0.29) is 24.5 Å². The van der Waals surface area contributed by atoms with E-state index in [9.17, 15) is 19.7 Å². The Labute approximate surface area is 199 Å². The maximum atomic E-state index is 12.3. The van der Waals surface area contributed by atoms with Gasteiger partial charge in [0.25, 0.3) is 11.6 Å². The van der Waals surface area contributed by atoms with Crippen molar-refractivity contribution in [3.63, 3.8) is 0 Å². The van der Waals surface area contributed by atoms with E-state index in [4.69, 9.17) is 4.74 Å². The highest BCUT2D eigenvalue weighted by Gasteiger charge is 2.32. The number of hydrogen-bond donors (Lipinski definition) is 1. The average Bonchev–Trinajstić information content (AvgIpc) is 2.95. The molecule has 10 heteroatoms. The largest absolute Gasteiger partial charge is 0.487 e. The summed E-state index contributed by atoms with van der Waals surface area (Å²) in [5.74, 6) is 0.232. The van der Waals surface area contributed by atoms with Crippen molar-refractivity contribution in [2.75, 3.05) is 6.54 Å². The van der Waals surface area contributed by atoms with Crippen molar-refractivity contribution in [3.8, 4) is 5.75 Å². The van der Waals surface area contributed by atoms with Crippen LogP contribution < -0.4 is 10.1 Å². The van der Waals surface area contributed by atoms with E-state index in [2.05, 4.69) is 57.1 Å². The van der Waals surface area contributed by atoms with Crippen LogP contribution in [0.4, 0.5) is 10.5 Å². The number of nitro groups is 1. The summed E-state index contributed by atoms with van der Waals surface area (Å²) in [4.78, 5) is 35.8. The third-order valence-corrected chi connectivity index (χ3v) is 5.71. The fraction of sp³-hybridized carbons (Fsp3) is 0.100. The zero-order chi connectivity index (χ0) is 21.8. The molecule has 0 saturated carbocycles. The number of urea groups is 1. The summed E-state index contributed by atoms with van der Waals surface area (Å²) in [5, 5.41) is 13.5. The van der Waals surface area contributed by atoms with E-state index in [1.54, 1.807) is 18.2 Å². The molecule has 1 saturated heterocycles. The summed E-state index contributed by atoms with van der Waals surface area (Å²) in [6, 6.07) is 9.45. The summed E-state index contributed by atoms with van der Waals surface area (Å²) < 4.78 is 7.49. The minimum Gasteiger partial charge on any atom is -0.487 e.